The molecule has 2 N–H and O–H groups in total. The maximum Gasteiger partial charge on any atom is 0.0897 e. The fourth-order valence-corrected chi connectivity index (χ4v) is 1.39. The monoisotopic (exact) mass is 215 g/mol. The summed E-state index contributed by atoms with van der Waals surface area (Å²) in [6.07, 6.45) is 3.67. The lowest BCUT2D eigenvalue weighted by molar-refractivity contribution is -0.0478. The van der Waals surface area contributed by atoms with Gasteiger partial charge in [0.05, 0.1) is 18.3 Å². The average Bonchev–Trinajstić information content (AvgIpc) is 2.91. The first-order valence-corrected chi connectivity index (χ1v) is 6.00. The molecule has 0 heterocycles. The van der Waals surface area contributed by atoms with E-state index in [2.05, 4.69) is 5.32 Å². The van der Waals surface area contributed by atoms with Crippen molar-refractivity contribution in [2.45, 2.75) is 51.7 Å². The Hall–Kier alpha value is -0.120. The Morgan fingerprint density at radius 2 is 2.07 bits per heavy atom. The fourth-order valence-electron chi connectivity index (χ4n) is 1.39. The van der Waals surface area contributed by atoms with Gasteiger partial charge in [-0.2, -0.15) is 0 Å². The van der Waals surface area contributed by atoms with Crippen molar-refractivity contribution in [1.29, 1.82) is 0 Å². The summed E-state index contributed by atoms with van der Waals surface area (Å²) in [7, 11) is 0. The van der Waals surface area contributed by atoms with Gasteiger partial charge in [-0.3, -0.25) is 0 Å². The number of nitrogens with one attached hydrogen (secondary N) is 1. The third-order valence-electron chi connectivity index (χ3n) is 2.51. The second-order valence-corrected chi connectivity index (χ2v) is 5.51. The highest BCUT2D eigenvalue weighted by molar-refractivity contribution is 4.74. The number of hydrogen-bond acceptors (Lipinski definition) is 3. The van der Waals surface area contributed by atoms with Crippen LogP contribution in [0.15, 0.2) is 0 Å². The molecule has 0 bridgehead atoms. The minimum Gasteiger partial charge on any atom is -0.389 e. The Kier molecular flexibility index (Phi) is 5.03. The molecule has 15 heavy (non-hydrogen) atoms. The molecule has 0 aliphatic heterocycles. The number of aliphatic hydroxyl groups excluding tert-OH is 1. The van der Waals surface area contributed by atoms with E-state index in [-0.39, 0.29) is 11.7 Å². The molecule has 0 aromatic heterocycles. The van der Waals surface area contributed by atoms with E-state index in [0.717, 1.165) is 12.5 Å². The molecule has 3 heteroatoms. The molecule has 1 rings (SSSR count). The van der Waals surface area contributed by atoms with Gasteiger partial charge in [0.15, 0.2) is 0 Å². The number of rotatable bonds is 7. The van der Waals surface area contributed by atoms with E-state index in [9.17, 15) is 5.11 Å². The van der Waals surface area contributed by atoms with Gasteiger partial charge >= 0.3 is 0 Å². The molecule has 0 aromatic rings. The van der Waals surface area contributed by atoms with Crippen LogP contribution in [0.5, 0.6) is 0 Å². The maximum atomic E-state index is 9.61. The predicted molar refractivity (Wildman–Crippen MR) is 61.9 cm³/mol. The van der Waals surface area contributed by atoms with Gasteiger partial charge in [0, 0.05) is 6.54 Å². The van der Waals surface area contributed by atoms with Crippen LogP contribution < -0.4 is 5.32 Å². The zero-order valence-electron chi connectivity index (χ0n) is 10.3. The SMILES string of the molecule is CC(C)(C)OCC(O)CNCCC1CC1. The third-order valence-corrected chi connectivity index (χ3v) is 2.51. The van der Waals surface area contributed by atoms with Gasteiger partial charge < -0.3 is 15.2 Å². The average molecular weight is 215 g/mol. The van der Waals surface area contributed by atoms with Crippen molar-refractivity contribution >= 4 is 0 Å². The summed E-state index contributed by atoms with van der Waals surface area (Å²) in [4.78, 5) is 0. The van der Waals surface area contributed by atoms with Gasteiger partial charge in [-0.15, -0.1) is 0 Å². The summed E-state index contributed by atoms with van der Waals surface area (Å²) < 4.78 is 5.49. The Balaban J connectivity index is 1.90. The van der Waals surface area contributed by atoms with Gasteiger partial charge in [0.2, 0.25) is 0 Å². The van der Waals surface area contributed by atoms with Crippen molar-refractivity contribution in [3.8, 4) is 0 Å². The molecule has 1 aliphatic rings. The molecule has 1 aliphatic carbocycles. The smallest absolute Gasteiger partial charge is 0.0897 e. The van der Waals surface area contributed by atoms with Gasteiger partial charge in [0.1, 0.15) is 0 Å². The molecule has 1 unspecified atom stereocenters. The summed E-state index contributed by atoms with van der Waals surface area (Å²) in [6.45, 7) is 8.08. The highest BCUT2D eigenvalue weighted by Crippen LogP contribution is 2.31. The van der Waals surface area contributed by atoms with E-state index in [0.29, 0.717) is 13.2 Å². The molecule has 1 atom stereocenters. The van der Waals surface area contributed by atoms with E-state index in [4.69, 9.17) is 4.74 Å². The minimum absolute atomic E-state index is 0.158. The van der Waals surface area contributed by atoms with Crippen molar-refractivity contribution in [3.05, 3.63) is 0 Å². The van der Waals surface area contributed by atoms with Crippen LogP contribution in [0.3, 0.4) is 0 Å². The molecular weight excluding hydrogens is 190 g/mol. The zero-order valence-corrected chi connectivity index (χ0v) is 10.3. The lowest BCUT2D eigenvalue weighted by Gasteiger charge is -2.22. The largest absolute Gasteiger partial charge is 0.389 e. The van der Waals surface area contributed by atoms with Gasteiger partial charge in [-0.1, -0.05) is 12.8 Å². The van der Waals surface area contributed by atoms with Crippen LogP contribution in [0, 0.1) is 5.92 Å². The normalized spacial score (nSPS) is 19.2. The van der Waals surface area contributed by atoms with Crippen molar-refractivity contribution in [3.63, 3.8) is 0 Å². The molecule has 0 radical (unpaired) electrons. The molecule has 90 valence electrons. The Bertz CT molecular complexity index is 173. The zero-order chi connectivity index (χ0) is 11.3. The first-order valence-electron chi connectivity index (χ1n) is 6.00. The van der Waals surface area contributed by atoms with Crippen molar-refractivity contribution in [1.82, 2.24) is 5.32 Å². The van der Waals surface area contributed by atoms with E-state index >= 15 is 0 Å². The molecular formula is C12H25NO2. The van der Waals surface area contributed by atoms with Gasteiger partial charge in [-0.05, 0) is 39.7 Å². The molecule has 0 aromatic carbocycles. The van der Waals surface area contributed by atoms with Gasteiger partial charge in [0.25, 0.3) is 0 Å². The highest BCUT2D eigenvalue weighted by atomic mass is 16.5. The topological polar surface area (TPSA) is 41.5 Å². The van der Waals surface area contributed by atoms with E-state index < -0.39 is 0 Å². The Morgan fingerprint density at radius 3 is 2.60 bits per heavy atom. The fraction of sp³-hybridized carbons (Fsp3) is 1.00. The van der Waals surface area contributed by atoms with Crippen LogP contribution in [-0.2, 0) is 4.74 Å². The van der Waals surface area contributed by atoms with Crippen LogP contribution in [0.25, 0.3) is 0 Å². The molecule has 1 fully saturated rings. The second kappa shape index (κ2) is 5.83. The first-order chi connectivity index (χ1) is 6.97. The van der Waals surface area contributed by atoms with Crippen molar-refractivity contribution in [2.24, 2.45) is 5.92 Å². The van der Waals surface area contributed by atoms with Crippen LogP contribution in [-0.4, -0.2) is 36.5 Å². The minimum atomic E-state index is -0.386. The summed E-state index contributed by atoms with van der Waals surface area (Å²) in [5.41, 5.74) is -0.158. The van der Waals surface area contributed by atoms with Crippen LogP contribution in [0.4, 0.5) is 0 Å². The van der Waals surface area contributed by atoms with E-state index in [1.54, 1.807) is 0 Å². The summed E-state index contributed by atoms with van der Waals surface area (Å²) >= 11 is 0. The van der Waals surface area contributed by atoms with Crippen LogP contribution in [0.1, 0.15) is 40.0 Å². The van der Waals surface area contributed by atoms with E-state index in [1.807, 2.05) is 20.8 Å². The molecule has 3 nitrogen and oxygen atoms in total. The van der Waals surface area contributed by atoms with Crippen LogP contribution in [0.2, 0.25) is 0 Å². The summed E-state index contributed by atoms with van der Waals surface area (Å²) in [5, 5.41) is 12.9. The second-order valence-electron chi connectivity index (χ2n) is 5.51. The molecule has 0 amide bonds. The Morgan fingerprint density at radius 1 is 1.40 bits per heavy atom. The lowest BCUT2D eigenvalue weighted by Crippen LogP contribution is -2.34. The number of hydrogen-bond donors (Lipinski definition) is 2. The van der Waals surface area contributed by atoms with Gasteiger partial charge in [-0.25, -0.2) is 0 Å². The summed E-state index contributed by atoms with van der Waals surface area (Å²) in [5.74, 6) is 0.959. The van der Waals surface area contributed by atoms with Crippen molar-refractivity contribution in [2.75, 3.05) is 19.7 Å². The Labute approximate surface area is 93.2 Å². The van der Waals surface area contributed by atoms with Crippen molar-refractivity contribution < 1.29 is 9.84 Å². The summed E-state index contributed by atoms with van der Waals surface area (Å²) in [6, 6.07) is 0. The number of aliphatic hydroxyl groups is 1. The molecule has 1 saturated carbocycles. The first kappa shape index (κ1) is 12.9. The standard InChI is InChI=1S/C12H25NO2/c1-12(2,3)15-9-11(14)8-13-7-6-10-4-5-10/h10-11,13-14H,4-9H2,1-3H3. The quantitative estimate of drug-likeness (QED) is 0.633. The third kappa shape index (κ3) is 7.77. The highest BCUT2D eigenvalue weighted by Gasteiger charge is 2.20. The maximum absolute atomic E-state index is 9.61. The van der Waals surface area contributed by atoms with Crippen LogP contribution >= 0.6 is 0 Å². The molecule has 0 saturated heterocycles. The predicted octanol–water partition coefficient (Wildman–Crippen LogP) is 1.55. The molecule has 0 spiro atoms. The lowest BCUT2D eigenvalue weighted by atomic mass is 10.2. The number of ether oxygens (including phenoxy) is 1. The van der Waals surface area contributed by atoms with E-state index in [1.165, 1.54) is 19.3 Å².